The average molecular weight is 195 g/mol. The van der Waals surface area contributed by atoms with Crippen molar-refractivity contribution in [1.29, 1.82) is 0 Å². The third-order valence-electron chi connectivity index (χ3n) is 2.16. The predicted molar refractivity (Wildman–Crippen MR) is 58.0 cm³/mol. The minimum absolute atomic E-state index is 0.524. The molecule has 1 N–H and O–H groups in total. The highest BCUT2D eigenvalue weighted by Gasteiger charge is 2.14. The van der Waals surface area contributed by atoms with Gasteiger partial charge in [-0.25, -0.2) is 0 Å². The first-order chi connectivity index (χ1) is 6.57. The van der Waals surface area contributed by atoms with Crippen LogP contribution >= 0.6 is 0 Å². The second kappa shape index (κ2) is 4.33. The van der Waals surface area contributed by atoms with Crippen molar-refractivity contribution < 1.29 is 9.84 Å². The molecule has 1 rings (SSSR count). The van der Waals surface area contributed by atoms with Gasteiger partial charge in [-0.05, 0) is 19.1 Å². The zero-order chi connectivity index (χ0) is 10.7. The van der Waals surface area contributed by atoms with Crippen LogP contribution in [0.4, 0.5) is 5.69 Å². The number of hydrogen-bond acceptors (Lipinski definition) is 3. The topological polar surface area (TPSA) is 32.7 Å². The zero-order valence-corrected chi connectivity index (χ0v) is 9.11. The average Bonchev–Trinajstić information content (AvgIpc) is 2.16. The van der Waals surface area contributed by atoms with Gasteiger partial charge in [0.1, 0.15) is 5.75 Å². The van der Waals surface area contributed by atoms with E-state index in [9.17, 15) is 5.11 Å². The van der Waals surface area contributed by atoms with Crippen molar-refractivity contribution in [3.63, 3.8) is 0 Å². The molecule has 0 aliphatic rings. The molecule has 0 aromatic heterocycles. The Bertz CT molecular complexity index is 308. The number of aliphatic hydroxyl groups is 1. The number of benzene rings is 1. The minimum Gasteiger partial charge on any atom is -0.496 e. The van der Waals surface area contributed by atoms with Crippen molar-refractivity contribution >= 4 is 5.69 Å². The molecule has 1 aromatic rings. The van der Waals surface area contributed by atoms with Gasteiger partial charge in [0.15, 0.2) is 0 Å². The van der Waals surface area contributed by atoms with Crippen LogP contribution in [0.1, 0.15) is 18.6 Å². The normalized spacial score (nSPS) is 12.4. The van der Waals surface area contributed by atoms with Crippen molar-refractivity contribution in [3.8, 4) is 5.75 Å². The van der Waals surface area contributed by atoms with Crippen LogP contribution in [0.25, 0.3) is 0 Å². The fraction of sp³-hybridized carbons (Fsp3) is 0.455. The third-order valence-corrected chi connectivity index (χ3v) is 2.16. The smallest absolute Gasteiger partial charge is 0.126 e. The first-order valence-electron chi connectivity index (χ1n) is 4.60. The monoisotopic (exact) mass is 195 g/mol. The molecule has 3 nitrogen and oxygen atoms in total. The van der Waals surface area contributed by atoms with Gasteiger partial charge in [-0.15, -0.1) is 0 Å². The number of rotatable bonds is 3. The fourth-order valence-electron chi connectivity index (χ4n) is 1.52. The maximum absolute atomic E-state index is 9.66. The molecule has 0 saturated carbocycles. The van der Waals surface area contributed by atoms with Crippen molar-refractivity contribution in [2.24, 2.45) is 0 Å². The number of anilines is 1. The van der Waals surface area contributed by atoms with Gasteiger partial charge in [-0.1, -0.05) is 6.07 Å². The number of hydrogen-bond donors (Lipinski definition) is 1. The van der Waals surface area contributed by atoms with Crippen LogP contribution in [-0.4, -0.2) is 26.3 Å². The van der Waals surface area contributed by atoms with Gasteiger partial charge in [0.05, 0.1) is 13.2 Å². The molecule has 3 heteroatoms. The Labute approximate surface area is 84.9 Å². The molecule has 0 radical (unpaired) electrons. The Morgan fingerprint density at radius 1 is 1.36 bits per heavy atom. The van der Waals surface area contributed by atoms with E-state index in [1.807, 2.05) is 37.2 Å². The Hall–Kier alpha value is -1.22. The molecule has 0 saturated heterocycles. The third kappa shape index (κ3) is 1.99. The quantitative estimate of drug-likeness (QED) is 0.798. The van der Waals surface area contributed by atoms with Gasteiger partial charge in [0, 0.05) is 25.3 Å². The molecule has 0 spiro atoms. The second-order valence-corrected chi connectivity index (χ2v) is 3.46. The SMILES string of the molecule is COc1cccc(N(C)C)c1C(C)O. The first kappa shape index (κ1) is 10.9. The maximum atomic E-state index is 9.66. The van der Waals surface area contributed by atoms with E-state index in [1.54, 1.807) is 14.0 Å². The molecule has 1 atom stereocenters. The summed E-state index contributed by atoms with van der Waals surface area (Å²) in [6, 6.07) is 5.74. The van der Waals surface area contributed by atoms with Crippen molar-refractivity contribution in [1.82, 2.24) is 0 Å². The summed E-state index contributed by atoms with van der Waals surface area (Å²) in [7, 11) is 5.50. The summed E-state index contributed by atoms with van der Waals surface area (Å²) < 4.78 is 5.21. The molecular formula is C11H17NO2. The molecule has 0 bridgehead atoms. The standard InChI is InChI=1S/C11H17NO2/c1-8(13)11-9(12(2)3)6-5-7-10(11)14-4/h5-8,13H,1-4H3. The Morgan fingerprint density at radius 3 is 2.43 bits per heavy atom. The number of aliphatic hydroxyl groups excluding tert-OH is 1. The van der Waals surface area contributed by atoms with E-state index in [0.717, 1.165) is 17.0 Å². The number of methoxy groups -OCH3 is 1. The van der Waals surface area contributed by atoms with E-state index in [4.69, 9.17) is 4.74 Å². The summed E-state index contributed by atoms with van der Waals surface area (Å²) in [4.78, 5) is 1.96. The van der Waals surface area contributed by atoms with Crippen LogP contribution < -0.4 is 9.64 Å². The molecule has 78 valence electrons. The van der Waals surface area contributed by atoms with E-state index in [2.05, 4.69) is 0 Å². The highest BCUT2D eigenvalue weighted by atomic mass is 16.5. The van der Waals surface area contributed by atoms with E-state index in [0.29, 0.717) is 0 Å². The molecule has 0 aliphatic carbocycles. The Morgan fingerprint density at radius 2 is 2.00 bits per heavy atom. The van der Waals surface area contributed by atoms with Gasteiger partial charge >= 0.3 is 0 Å². The van der Waals surface area contributed by atoms with Crippen molar-refractivity contribution in [2.75, 3.05) is 26.1 Å². The largest absolute Gasteiger partial charge is 0.496 e. The van der Waals surface area contributed by atoms with Crippen LogP contribution in [0, 0.1) is 0 Å². The summed E-state index contributed by atoms with van der Waals surface area (Å²) in [5.74, 6) is 0.728. The van der Waals surface area contributed by atoms with Crippen LogP contribution in [0.5, 0.6) is 5.75 Å². The number of ether oxygens (including phenoxy) is 1. The highest BCUT2D eigenvalue weighted by Crippen LogP contribution is 2.33. The lowest BCUT2D eigenvalue weighted by Gasteiger charge is -2.21. The van der Waals surface area contributed by atoms with Gasteiger partial charge < -0.3 is 14.7 Å². The Kier molecular flexibility index (Phi) is 3.36. The van der Waals surface area contributed by atoms with Crippen LogP contribution in [0.15, 0.2) is 18.2 Å². The summed E-state index contributed by atoms with van der Waals surface area (Å²) in [5, 5.41) is 9.66. The van der Waals surface area contributed by atoms with Gasteiger partial charge in [0.25, 0.3) is 0 Å². The van der Waals surface area contributed by atoms with E-state index >= 15 is 0 Å². The van der Waals surface area contributed by atoms with Gasteiger partial charge in [0.2, 0.25) is 0 Å². The minimum atomic E-state index is -0.524. The van der Waals surface area contributed by atoms with E-state index in [-0.39, 0.29) is 0 Å². The van der Waals surface area contributed by atoms with E-state index in [1.165, 1.54) is 0 Å². The molecule has 0 aliphatic heterocycles. The summed E-state index contributed by atoms with van der Waals surface area (Å²) in [5.41, 5.74) is 1.82. The molecule has 1 aromatic carbocycles. The highest BCUT2D eigenvalue weighted by molar-refractivity contribution is 5.59. The lowest BCUT2D eigenvalue weighted by molar-refractivity contribution is 0.195. The van der Waals surface area contributed by atoms with Gasteiger partial charge in [-0.3, -0.25) is 0 Å². The maximum Gasteiger partial charge on any atom is 0.126 e. The van der Waals surface area contributed by atoms with Crippen molar-refractivity contribution in [2.45, 2.75) is 13.0 Å². The fourth-order valence-corrected chi connectivity index (χ4v) is 1.52. The molecule has 0 heterocycles. The van der Waals surface area contributed by atoms with Crippen LogP contribution in [0.2, 0.25) is 0 Å². The van der Waals surface area contributed by atoms with Crippen molar-refractivity contribution in [3.05, 3.63) is 23.8 Å². The molecule has 0 fully saturated rings. The summed E-state index contributed by atoms with van der Waals surface area (Å²) >= 11 is 0. The van der Waals surface area contributed by atoms with Gasteiger partial charge in [-0.2, -0.15) is 0 Å². The summed E-state index contributed by atoms with van der Waals surface area (Å²) in [6.07, 6.45) is -0.524. The van der Waals surface area contributed by atoms with Crippen LogP contribution in [0.3, 0.4) is 0 Å². The molecule has 1 unspecified atom stereocenters. The zero-order valence-electron chi connectivity index (χ0n) is 9.11. The van der Waals surface area contributed by atoms with Crippen LogP contribution in [-0.2, 0) is 0 Å². The Balaban J connectivity index is 3.28. The molecule has 14 heavy (non-hydrogen) atoms. The predicted octanol–water partition coefficient (Wildman–Crippen LogP) is 1.81. The second-order valence-electron chi connectivity index (χ2n) is 3.46. The number of nitrogens with zero attached hydrogens (tertiary/aromatic N) is 1. The lowest BCUT2D eigenvalue weighted by atomic mass is 10.1. The lowest BCUT2D eigenvalue weighted by Crippen LogP contribution is -2.13. The van der Waals surface area contributed by atoms with E-state index < -0.39 is 6.10 Å². The molecular weight excluding hydrogens is 178 g/mol. The molecule has 0 amide bonds. The first-order valence-corrected chi connectivity index (χ1v) is 4.60. The summed E-state index contributed by atoms with van der Waals surface area (Å²) in [6.45, 7) is 1.74.